The number of thioether (sulfide) groups is 1. The van der Waals surface area contributed by atoms with Crippen LogP contribution in [0.25, 0.3) is 0 Å². The molecule has 0 radical (unpaired) electrons. The molecule has 22 heavy (non-hydrogen) atoms. The molecule has 0 bridgehead atoms. The Balaban J connectivity index is 0.00000176. The summed E-state index contributed by atoms with van der Waals surface area (Å²) in [6, 6.07) is 3.63. The van der Waals surface area contributed by atoms with Gasteiger partial charge in [0.05, 0.1) is 5.75 Å². The molecule has 1 N–H and O–H groups in total. The second kappa shape index (κ2) is 7.71. The molecule has 1 fully saturated rings. The molecule has 2 aromatic heterocycles. The van der Waals surface area contributed by atoms with E-state index in [4.69, 9.17) is 4.42 Å². The van der Waals surface area contributed by atoms with Crippen LogP contribution in [0.15, 0.2) is 34.1 Å². The fourth-order valence-electron chi connectivity index (χ4n) is 2.22. The Morgan fingerprint density at radius 3 is 2.86 bits per heavy atom. The molecule has 3 heterocycles. The number of rotatable bonds is 4. The molecule has 0 spiro atoms. The first-order valence-electron chi connectivity index (χ1n) is 6.93. The molecule has 1 aliphatic rings. The Morgan fingerprint density at radius 1 is 1.41 bits per heavy atom. The summed E-state index contributed by atoms with van der Waals surface area (Å²) < 4.78 is 7.63. The number of hydrogen-bond acceptors (Lipinski definition) is 5. The first-order chi connectivity index (χ1) is 10.2. The second-order valence-corrected chi connectivity index (χ2v) is 5.86. The minimum Gasteiger partial charge on any atom is -0.455 e. The minimum absolute atomic E-state index is 0. The number of furan rings is 1. The third kappa shape index (κ3) is 3.85. The van der Waals surface area contributed by atoms with Crippen LogP contribution in [0.2, 0.25) is 0 Å². The lowest BCUT2D eigenvalue weighted by Gasteiger charge is -2.26. The van der Waals surface area contributed by atoms with Crippen molar-refractivity contribution < 1.29 is 9.21 Å². The van der Waals surface area contributed by atoms with Crippen molar-refractivity contribution in [2.45, 2.75) is 10.9 Å². The van der Waals surface area contributed by atoms with Gasteiger partial charge >= 0.3 is 0 Å². The summed E-state index contributed by atoms with van der Waals surface area (Å²) in [6.07, 6.45) is 3.67. The lowest BCUT2D eigenvalue weighted by Crippen LogP contribution is -2.46. The van der Waals surface area contributed by atoms with Crippen molar-refractivity contribution in [3.8, 4) is 0 Å². The maximum absolute atomic E-state index is 12.3. The molecular weight excluding hydrogens is 324 g/mol. The van der Waals surface area contributed by atoms with Crippen molar-refractivity contribution in [2.24, 2.45) is 7.05 Å². The predicted molar refractivity (Wildman–Crippen MR) is 87.5 cm³/mol. The van der Waals surface area contributed by atoms with E-state index in [9.17, 15) is 4.79 Å². The largest absolute Gasteiger partial charge is 0.455 e. The van der Waals surface area contributed by atoms with Crippen LogP contribution in [0.1, 0.15) is 16.3 Å². The van der Waals surface area contributed by atoms with Crippen molar-refractivity contribution in [3.63, 3.8) is 0 Å². The van der Waals surface area contributed by atoms with E-state index in [1.165, 1.54) is 0 Å². The number of carbonyl (C=O) groups is 1. The molecule has 0 aromatic carbocycles. The number of amides is 1. The molecule has 0 atom stereocenters. The molecule has 3 rings (SSSR count). The van der Waals surface area contributed by atoms with Crippen LogP contribution in [0.3, 0.4) is 0 Å². The zero-order valence-corrected chi connectivity index (χ0v) is 14.0. The highest BCUT2D eigenvalue weighted by molar-refractivity contribution is 7.98. The standard InChI is InChI=1S/C14H18N4O2S.ClH/c1-17-7-6-16-14(17)21-10-11-2-3-12(20-11)13(19)18-8-4-15-5-9-18;/h2-3,6-7,15H,4-5,8-10H2,1H3;1H. The van der Waals surface area contributed by atoms with Gasteiger partial charge in [0.2, 0.25) is 0 Å². The summed E-state index contributed by atoms with van der Waals surface area (Å²) in [5.74, 6) is 1.86. The van der Waals surface area contributed by atoms with Crippen LogP contribution in [0.5, 0.6) is 0 Å². The van der Waals surface area contributed by atoms with Gasteiger partial charge in [-0.15, -0.1) is 12.4 Å². The summed E-state index contributed by atoms with van der Waals surface area (Å²) in [7, 11) is 1.96. The second-order valence-electron chi connectivity index (χ2n) is 4.92. The van der Waals surface area contributed by atoms with Crippen LogP contribution < -0.4 is 5.32 Å². The number of nitrogens with zero attached hydrogens (tertiary/aromatic N) is 3. The lowest BCUT2D eigenvalue weighted by molar-refractivity contribution is 0.0702. The molecule has 1 aliphatic heterocycles. The van der Waals surface area contributed by atoms with Gasteiger partial charge in [-0.2, -0.15) is 0 Å². The number of imidazole rings is 1. The molecule has 0 unspecified atom stereocenters. The van der Waals surface area contributed by atoms with E-state index in [1.54, 1.807) is 24.0 Å². The maximum atomic E-state index is 12.3. The number of nitrogens with one attached hydrogen (secondary N) is 1. The summed E-state index contributed by atoms with van der Waals surface area (Å²) in [6.45, 7) is 3.15. The van der Waals surface area contributed by atoms with Crippen LogP contribution in [-0.4, -0.2) is 46.5 Å². The number of carbonyl (C=O) groups excluding carboxylic acids is 1. The molecule has 2 aromatic rings. The minimum atomic E-state index is -0.0234. The van der Waals surface area contributed by atoms with E-state index in [0.717, 1.165) is 37.1 Å². The van der Waals surface area contributed by atoms with Gasteiger partial charge < -0.3 is 19.2 Å². The van der Waals surface area contributed by atoms with Gasteiger partial charge in [-0.3, -0.25) is 4.79 Å². The predicted octanol–water partition coefficient (Wildman–Crippen LogP) is 1.77. The van der Waals surface area contributed by atoms with Gasteiger partial charge in [-0.1, -0.05) is 11.8 Å². The van der Waals surface area contributed by atoms with E-state index < -0.39 is 0 Å². The van der Waals surface area contributed by atoms with Crippen molar-refractivity contribution in [3.05, 3.63) is 36.0 Å². The Labute approximate surface area is 139 Å². The number of piperazine rings is 1. The van der Waals surface area contributed by atoms with Gasteiger partial charge in [0.15, 0.2) is 10.9 Å². The molecule has 8 heteroatoms. The van der Waals surface area contributed by atoms with Crippen molar-refractivity contribution in [2.75, 3.05) is 26.2 Å². The molecule has 1 saturated heterocycles. The normalized spacial score (nSPS) is 14.7. The molecule has 120 valence electrons. The summed E-state index contributed by atoms with van der Waals surface area (Å²) in [5.41, 5.74) is 0. The summed E-state index contributed by atoms with van der Waals surface area (Å²) in [5, 5.41) is 4.16. The van der Waals surface area contributed by atoms with Gasteiger partial charge in [0.1, 0.15) is 5.76 Å². The van der Waals surface area contributed by atoms with Gasteiger partial charge in [0, 0.05) is 45.6 Å². The van der Waals surface area contributed by atoms with Crippen molar-refractivity contribution in [1.82, 2.24) is 19.8 Å². The number of aryl methyl sites for hydroxylation is 1. The maximum Gasteiger partial charge on any atom is 0.289 e. The van der Waals surface area contributed by atoms with Crippen molar-refractivity contribution >= 4 is 30.1 Å². The smallest absolute Gasteiger partial charge is 0.289 e. The number of hydrogen-bond donors (Lipinski definition) is 1. The SMILES string of the molecule is Cl.Cn1ccnc1SCc1ccc(C(=O)N2CCNCC2)o1. The lowest BCUT2D eigenvalue weighted by atomic mass is 10.3. The third-order valence-corrected chi connectivity index (χ3v) is 4.48. The van der Waals surface area contributed by atoms with Gasteiger partial charge in [-0.25, -0.2) is 4.98 Å². The van der Waals surface area contributed by atoms with Crippen LogP contribution in [0, 0.1) is 0 Å². The Kier molecular flexibility index (Phi) is 5.93. The van der Waals surface area contributed by atoms with Crippen molar-refractivity contribution in [1.29, 1.82) is 0 Å². The molecule has 0 saturated carbocycles. The first kappa shape index (κ1) is 16.9. The fourth-order valence-corrected chi connectivity index (χ4v) is 3.05. The van der Waals surface area contributed by atoms with Gasteiger partial charge in [-0.05, 0) is 12.1 Å². The number of aromatic nitrogens is 2. The summed E-state index contributed by atoms with van der Waals surface area (Å²) in [4.78, 5) is 18.4. The Hall–Kier alpha value is -1.44. The van der Waals surface area contributed by atoms with Gasteiger partial charge in [0.25, 0.3) is 5.91 Å². The van der Waals surface area contributed by atoms with E-state index >= 15 is 0 Å². The topological polar surface area (TPSA) is 63.3 Å². The monoisotopic (exact) mass is 342 g/mol. The quantitative estimate of drug-likeness (QED) is 0.858. The van der Waals surface area contributed by atoms with E-state index in [0.29, 0.717) is 11.5 Å². The van der Waals surface area contributed by atoms with E-state index in [-0.39, 0.29) is 18.3 Å². The molecule has 1 amide bonds. The average Bonchev–Trinajstić information content (AvgIpc) is 3.14. The molecular formula is C14H19ClN4O2S. The zero-order chi connectivity index (χ0) is 14.7. The summed E-state index contributed by atoms with van der Waals surface area (Å²) >= 11 is 1.59. The van der Waals surface area contributed by atoms with Crippen LogP contribution in [0.4, 0.5) is 0 Å². The zero-order valence-electron chi connectivity index (χ0n) is 12.3. The van der Waals surface area contributed by atoms with Crippen LogP contribution >= 0.6 is 24.2 Å². The first-order valence-corrected chi connectivity index (χ1v) is 7.91. The van der Waals surface area contributed by atoms with Crippen LogP contribution in [-0.2, 0) is 12.8 Å². The molecule has 6 nitrogen and oxygen atoms in total. The highest BCUT2D eigenvalue weighted by atomic mass is 35.5. The Morgan fingerprint density at radius 2 is 2.18 bits per heavy atom. The van der Waals surface area contributed by atoms with E-state index in [1.807, 2.05) is 28.8 Å². The highest BCUT2D eigenvalue weighted by Crippen LogP contribution is 2.22. The van der Waals surface area contributed by atoms with E-state index in [2.05, 4.69) is 10.3 Å². The number of halogens is 1. The fraction of sp³-hybridized carbons (Fsp3) is 0.429. The molecule has 0 aliphatic carbocycles. The average molecular weight is 343 g/mol. The highest BCUT2D eigenvalue weighted by Gasteiger charge is 2.20. The third-order valence-electron chi connectivity index (χ3n) is 3.40. The Bertz CT molecular complexity index is 622.